The van der Waals surface area contributed by atoms with Gasteiger partial charge in [0.1, 0.15) is 5.75 Å². The first-order valence-corrected chi connectivity index (χ1v) is 4.21. The molecule has 0 bridgehead atoms. The third-order valence-corrected chi connectivity index (χ3v) is 1.95. The Bertz CT molecular complexity index is 340. The monoisotopic (exact) mass is 214 g/mol. The van der Waals surface area contributed by atoms with Crippen LogP contribution in [0.4, 0.5) is 4.48 Å². The third kappa shape index (κ3) is 3.19. The van der Waals surface area contributed by atoms with E-state index in [4.69, 9.17) is 16.1 Å². The molecule has 1 rings (SSSR count). The van der Waals surface area contributed by atoms with E-state index >= 15 is 0 Å². The zero-order chi connectivity index (χ0) is 11.4. The number of halogens is 1. The number of hydrogen-bond acceptors (Lipinski definition) is 4. The lowest BCUT2D eigenvalue weighted by atomic mass is 10.1. The van der Waals surface area contributed by atoms with Gasteiger partial charge < -0.3 is 10.2 Å². The SMILES string of the molecule is NN(F)[C@@H](Cc1ccc(O)cc1)C(=O)O. The molecule has 1 aromatic carbocycles. The number of aromatic hydroxyl groups is 1. The van der Waals surface area contributed by atoms with Crippen LogP contribution in [0.2, 0.25) is 0 Å². The highest BCUT2D eigenvalue weighted by Gasteiger charge is 2.23. The number of rotatable bonds is 4. The third-order valence-electron chi connectivity index (χ3n) is 1.95. The van der Waals surface area contributed by atoms with E-state index in [1.54, 1.807) is 0 Å². The van der Waals surface area contributed by atoms with Gasteiger partial charge in [-0.05, 0) is 17.7 Å². The number of nitrogens with two attached hydrogens (primary N) is 1. The summed E-state index contributed by atoms with van der Waals surface area (Å²) < 4.78 is 12.6. The summed E-state index contributed by atoms with van der Waals surface area (Å²) in [5.41, 5.74) is 0.577. The molecule has 1 aromatic rings. The zero-order valence-corrected chi connectivity index (χ0v) is 7.80. The highest BCUT2D eigenvalue weighted by molar-refractivity contribution is 5.73. The summed E-state index contributed by atoms with van der Waals surface area (Å²) in [7, 11) is 0. The number of carbonyl (C=O) groups is 1. The number of phenolic OH excluding ortho intramolecular Hbond substituents is 1. The molecule has 6 heteroatoms. The van der Waals surface area contributed by atoms with Gasteiger partial charge in [-0.25, -0.2) is 5.84 Å². The van der Waals surface area contributed by atoms with Gasteiger partial charge in [-0.1, -0.05) is 17.4 Å². The fourth-order valence-electron chi connectivity index (χ4n) is 1.14. The molecule has 82 valence electrons. The van der Waals surface area contributed by atoms with Crippen molar-refractivity contribution in [1.82, 2.24) is 5.23 Å². The highest BCUT2D eigenvalue weighted by Crippen LogP contribution is 2.12. The molecule has 0 saturated heterocycles. The Morgan fingerprint density at radius 3 is 2.40 bits per heavy atom. The van der Waals surface area contributed by atoms with Crippen LogP contribution in [0.3, 0.4) is 0 Å². The molecule has 0 fully saturated rings. The number of aliphatic carboxylic acids is 1. The number of hydrogen-bond donors (Lipinski definition) is 3. The number of hydrazine groups is 1. The minimum atomic E-state index is -1.42. The smallest absolute Gasteiger partial charge is 0.325 e. The average Bonchev–Trinajstić information content (AvgIpc) is 2.15. The molecule has 0 aliphatic heterocycles. The van der Waals surface area contributed by atoms with Crippen molar-refractivity contribution in [2.75, 3.05) is 0 Å². The predicted octanol–water partition coefficient (Wildman–Crippen LogP) is 0.448. The van der Waals surface area contributed by atoms with Crippen LogP contribution in [0, 0.1) is 0 Å². The van der Waals surface area contributed by atoms with E-state index in [0.717, 1.165) is 0 Å². The molecule has 15 heavy (non-hydrogen) atoms. The van der Waals surface area contributed by atoms with Gasteiger partial charge in [0.2, 0.25) is 0 Å². The summed E-state index contributed by atoms with van der Waals surface area (Å²) in [4.78, 5) is 10.6. The molecule has 0 heterocycles. The van der Waals surface area contributed by atoms with Crippen LogP contribution >= 0.6 is 0 Å². The van der Waals surface area contributed by atoms with Gasteiger partial charge in [0, 0.05) is 6.42 Å². The van der Waals surface area contributed by atoms with Crippen molar-refractivity contribution in [3.8, 4) is 5.75 Å². The van der Waals surface area contributed by atoms with E-state index in [-0.39, 0.29) is 17.4 Å². The van der Waals surface area contributed by atoms with E-state index in [1.807, 2.05) is 0 Å². The quantitative estimate of drug-likeness (QED) is 0.385. The first kappa shape index (κ1) is 11.4. The Kier molecular flexibility index (Phi) is 3.59. The van der Waals surface area contributed by atoms with Crippen molar-refractivity contribution >= 4 is 5.97 Å². The molecule has 0 unspecified atom stereocenters. The zero-order valence-electron chi connectivity index (χ0n) is 7.80. The second kappa shape index (κ2) is 4.72. The lowest BCUT2D eigenvalue weighted by Gasteiger charge is -2.14. The van der Waals surface area contributed by atoms with Crippen molar-refractivity contribution in [3.63, 3.8) is 0 Å². The summed E-state index contributed by atoms with van der Waals surface area (Å²) in [6.45, 7) is 0. The molecule has 0 aromatic heterocycles. The van der Waals surface area contributed by atoms with Crippen LogP contribution in [-0.2, 0) is 11.2 Å². The average molecular weight is 214 g/mol. The normalized spacial score (nSPS) is 12.7. The van der Waals surface area contributed by atoms with Crippen LogP contribution in [-0.4, -0.2) is 27.5 Å². The first-order chi connectivity index (χ1) is 7.00. The van der Waals surface area contributed by atoms with Gasteiger partial charge >= 0.3 is 5.97 Å². The molecule has 0 radical (unpaired) electrons. The van der Waals surface area contributed by atoms with E-state index in [2.05, 4.69) is 0 Å². The Morgan fingerprint density at radius 2 is 2.00 bits per heavy atom. The van der Waals surface area contributed by atoms with Gasteiger partial charge in [-0.2, -0.15) is 0 Å². The van der Waals surface area contributed by atoms with Gasteiger partial charge in [0.15, 0.2) is 6.04 Å². The first-order valence-electron chi connectivity index (χ1n) is 4.21. The summed E-state index contributed by atoms with van der Waals surface area (Å²) in [5, 5.41) is 17.3. The molecule has 5 nitrogen and oxygen atoms in total. The number of phenols is 1. The topological polar surface area (TPSA) is 86.8 Å². The fourth-order valence-corrected chi connectivity index (χ4v) is 1.14. The van der Waals surface area contributed by atoms with Crippen LogP contribution < -0.4 is 5.84 Å². The molecule has 1 atom stereocenters. The van der Waals surface area contributed by atoms with Crippen molar-refractivity contribution < 1.29 is 19.5 Å². The lowest BCUT2D eigenvalue weighted by molar-refractivity contribution is -0.151. The van der Waals surface area contributed by atoms with Crippen LogP contribution in [0.1, 0.15) is 5.56 Å². The minimum absolute atomic E-state index is 0.0653. The molecular weight excluding hydrogens is 203 g/mol. The van der Waals surface area contributed by atoms with Crippen molar-refractivity contribution in [3.05, 3.63) is 29.8 Å². The van der Waals surface area contributed by atoms with Gasteiger partial charge in [0.05, 0.1) is 0 Å². The van der Waals surface area contributed by atoms with Crippen molar-refractivity contribution in [1.29, 1.82) is 0 Å². The lowest BCUT2D eigenvalue weighted by Crippen LogP contribution is -2.41. The van der Waals surface area contributed by atoms with Gasteiger partial charge in [0.25, 0.3) is 0 Å². The molecule has 0 amide bonds. The van der Waals surface area contributed by atoms with E-state index in [0.29, 0.717) is 5.56 Å². The van der Waals surface area contributed by atoms with Crippen LogP contribution in [0.5, 0.6) is 5.75 Å². The summed E-state index contributed by atoms with van der Waals surface area (Å²) in [6.07, 6.45) is -0.0669. The van der Waals surface area contributed by atoms with Gasteiger partial charge in [-0.3, -0.25) is 4.79 Å². The molecule has 0 spiro atoms. The number of benzene rings is 1. The number of nitrogens with zero attached hydrogens (tertiary/aromatic N) is 1. The molecule has 4 N–H and O–H groups in total. The number of carboxylic acid groups (broad SMARTS) is 1. The largest absolute Gasteiger partial charge is 0.508 e. The standard InChI is InChI=1S/C9H11FN2O3/c10-12(11)8(9(14)15)5-6-1-3-7(13)4-2-6/h1-4,8,13H,5,11H2,(H,14,15)/t8-/m0/s1. The predicted molar refractivity (Wildman–Crippen MR) is 50.4 cm³/mol. The fraction of sp³-hybridized carbons (Fsp3) is 0.222. The molecular formula is C9H11FN2O3. The molecule has 0 saturated carbocycles. The Morgan fingerprint density at radius 1 is 1.47 bits per heavy atom. The van der Waals surface area contributed by atoms with Crippen molar-refractivity contribution in [2.45, 2.75) is 12.5 Å². The van der Waals surface area contributed by atoms with E-state index in [9.17, 15) is 9.28 Å². The second-order valence-electron chi connectivity index (χ2n) is 3.07. The van der Waals surface area contributed by atoms with Crippen LogP contribution in [0.25, 0.3) is 0 Å². The minimum Gasteiger partial charge on any atom is -0.508 e. The maximum absolute atomic E-state index is 12.6. The van der Waals surface area contributed by atoms with Crippen molar-refractivity contribution in [2.24, 2.45) is 5.84 Å². The Labute approximate surface area is 85.4 Å². The maximum Gasteiger partial charge on any atom is 0.325 e. The summed E-state index contributed by atoms with van der Waals surface area (Å²) in [6, 6.07) is 4.39. The van der Waals surface area contributed by atoms with Crippen LogP contribution in [0.15, 0.2) is 24.3 Å². The van der Waals surface area contributed by atoms with E-state index in [1.165, 1.54) is 24.3 Å². The molecule has 0 aliphatic carbocycles. The maximum atomic E-state index is 12.6. The molecule has 0 aliphatic rings. The highest BCUT2D eigenvalue weighted by atomic mass is 19.2. The second-order valence-corrected chi connectivity index (χ2v) is 3.07. The van der Waals surface area contributed by atoms with Gasteiger partial charge in [-0.15, -0.1) is 4.48 Å². The summed E-state index contributed by atoms with van der Waals surface area (Å²) in [5.74, 6) is 3.48. The van der Waals surface area contributed by atoms with E-state index < -0.39 is 12.0 Å². The summed E-state index contributed by atoms with van der Waals surface area (Å²) >= 11 is 0. The number of carboxylic acids is 1. The Hall–Kier alpha value is -1.66. The Balaban J connectivity index is 2.74.